The van der Waals surface area contributed by atoms with Crippen LogP contribution in [-0.2, 0) is 21.9 Å². The number of hydrogen-bond acceptors (Lipinski definition) is 3. The molecule has 0 bridgehead atoms. The van der Waals surface area contributed by atoms with E-state index in [2.05, 4.69) is 5.32 Å². The number of carbonyl (C=O) groups excluding carboxylic acids is 2. The van der Waals surface area contributed by atoms with Gasteiger partial charge in [0.05, 0.1) is 5.92 Å². The Morgan fingerprint density at radius 2 is 2.24 bits per heavy atom. The van der Waals surface area contributed by atoms with Gasteiger partial charge in [-0.25, -0.2) is 4.39 Å². The molecule has 1 aromatic rings. The van der Waals surface area contributed by atoms with E-state index in [0.717, 1.165) is 11.1 Å². The van der Waals surface area contributed by atoms with Crippen molar-refractivity contribution in [2.45, 2.75) is 18.7 Å². The third-order valence-electron chi connectivity index (χ3n) is 3.63. The van der Waals surface area contributed by atoms with Crippen LogP contribution < -0.4 is 5.32 Å². The van der Waals surface area contributed by atoms with E-state index in [1.165, 1.54) is 12.1 Å². The van der Waals surface area contributed by atoms with Gasteiger partial charge in [0, 0.05) is 32.3 Å². The minimum Gasteiger partial charge on any atom is -0.352 e. The van der Waals surface area contributed by atoms with Crippen LogP contribution in [0.1, 0.15) is 17.5 Å². The van der Waals surface area contributed by atoms with E-state index < -0.39 is 0 Å². The first kappa shape index (κ1) is 15.8. The summed E-state index contributed by atoms with van der Waals surface area (Å²) in [5, 5.41) is 2.85. The van der Waals surface area contributed by atoms with Crippen LogP contribution in [0, 0.1) is 11.7 Å². The van der Waals surface area contributed by atoms with Crippen LogP contribution in [0.25, 0.3) is 0 Å². The molecule has 1 aromatic carbocycles. The predicted molar refractivity (Wildman–Crippen MR) is 81.2 cm³/mol. The number of nitrogens with one attached hydrogen (secondary N) is 1. The second-order valence-corrected chi connectivity index (χ2v) is 6.11. The lowest BCUT2D eigenvalue weighted by Crippen LogP contribution is -2.32. The van der Waals surface area contributed by atoms with Crippen LogP contribution in [0.3, 0.4) is 0 Å². The minimum atomic E-state index is -0.285. The van der Waals surface area contributed by atoms with E-state index in [9.17, 15) is 14.0 Å². The van der Waals surface area contributed by atoms with E-state index >= 15 is 0 Å². The highest BCUT2D eigenvalue weighted by Crippen LogP contribution is 2.18. The molecule has 0 spiro atoms. The number of amides is 2. The Labute approximate surface area is 128 Å². The molecule has 0 aromatic heterocycles. The van der Waals surface area contributed by atoms with Crippen molar-refractivity contribution < 1.29 is 14.0 Å². The van der Waals surface area contributed by atoms with Crippen molar-refractivity contribution in [3.8, 4) is 0 Å². The summed E-state index contributed by atoms with van der Waals surface area (Å²) >= 11 is 1.61. The number of hydrogen-bond donors (Lipinski definition) is 1. The number of rotatable bonds is 5. The third-order valence-corrected chi connectivity index (χ3v) is 4.23. The normalized spacial score (nSPS) is 18.1. The van der Waals surface area contributed by atoms with Crippen LogP contribution >= 0.6 is 11.8 Å². The smallest absolute Gasteiger partial charge is 0.225 e. The van der Waals surface area contributed by atoms with Crippen LogP contribution in [0.2, 0.25) is 0 Å². The molecule has 21 heavy (non-hydrogen) atoms. The summed E-state index contributed by atoms with van der Waals surface area (Å²) < 4.78 is 13.3. The maximum Gasteiger partial charge on any atom is 0.225 e. The molecule has 114 valence electrons. The largest absolute Gasteiger partial charge is 0.352 e. The first-order chi connectivity index (χ1) is 10.0. The number of halogens is 1. The first-order valence-corrected chi connectivity index (χ1v) is 8.18. The van der Waals surface area contributed by atoms with Gasteiger partial charge in [0.15, 0.2) is 0 Å². The van der Waals surface area contributed by atoms with Crippen molar-refractivity contribution in [2.75, 3.05) is 19.8 Å². The van der Waals surface area contributed by atoms with Gasteiger partial charge in [-0.1, -0.05) is 6.07 Å². The second kappa shape index (κ2) is 6.93. The van der Waals surface area contributed by atoms with Gasteiger partial charge in [-0.05, 0) is 29.5 Å². The molecule has 1 heterocycles. The zero-order valence-corrected chi connectivity index (χ0v) is 13.0. The fourth-order valence-corrected chi connectivity index (χ4v) is 3.00. The molecule has 6 heteroatoms. The lowest BCUT2D eigenvalue weighted by atomic mass is 10.1. The average molecular weight is 310 g/mol. The summed E-state index contributed by atoms with van der Waals surface area (Å²) in [5.41, 5.74) is 1.80. The zero-order valence-electron chi connectivity index (χ0n) is 12.2. The molecule has 0 radical (unpaired) electrons. The molecule has 1 saturated heterocycles. The fourth-order valence-electron chi connectivity index (χ4n) is 2.42. The maximum absolute atomic E-state index is 13.3. The number of likely N-dealkylation sites (tertiary alicyclic amines) is 1. The van der Waals surface area contributed by atoms with Gasteiger partial charge >= 0.3 is 0 Å². The van der Waals surface area contributed by atoms with E-state index in [1.807, 2.05) is 6.26 Å². The summed E-state index contributed by atoms with van der Waals surface area (Å²) in [6, 6.07) is 4.61. The quantitative estimate of drug-likeness (QED) is 0.902. The van der Waals surface area contributed by atoms with Crippen LogP contribution in [0.5, 0.6) is 0 Å². The zero-order chi connectivity index (χ0) is 15.4. The first-order valence-electron chi connectivity index (χ1n) is 6.79. The Balaban J connectivity index is 1.96. The van der Waals surface area contributed by atoms with E-state index in [-0.39, 0.29) is 30.0 Å². The molecule has 1 atom stereocenters. The van der Waals surface area contributed by atoms with E-state index in [1.54, 1.807) is 29.8 Å². The highest BCUT2D eigenvalue weighted by Gasteiger charge is 2.31. The van der Waals surface area contributed by atoms with Gasteiger partial charge in [-0.15, -0.1) is 0 Å². The molecule has 1 fully saturated rings. The predicted octanol–water partition coefficient (Wildman–Crippen LogP) is 1.78. The molecule has 0 saturated carbocycles. The van der Waals surface area contributed by atoms with Gasteiger partial charge in [0.2, 0.25) is 11.8 Å². The van der Waals surface area contributed by atoms with Crippen molar-refractivity contribution in [1.82, 2.24) is 10.2 Å². The average Bonchev–Trinajstić information content (AvgIpc) is 2.78. The molecule has 0 aliphatic carbocycles. The third kappa shape index (κ3) is 3.97. The lowest BCUT2D eigenvalue weighted by Gasteiger charge is -2.13. The van der Waals surface area contributed by atoms with Gasteiger partial charge in [-0.2, -0.15) is 11.8 Å². The van der Waals surface area contributed by atoms with Crippen molar-refractivity contribution in [3.05, 3.63) is 35.1 Å². The molecule has 1 N–H and O–H groups in total. The Kier molecular flexibility index (Phi) is 5.22. The fraction of sp³-hybridized carbons (Fsp3) is 0.467. The Morgan fingerprint density at radius 1 is 1.48 bits per heavy atom. The second-order valence-electron chi connectivity index (χ2n) is 5.24. The molecule has 0 unspecified atom stereocenters. The van der Waals surface area contributed by atoms with Gasteiger partial charge in [0.1, 0.15) is 5.82 Å². The highest BCUT2D eigenvalue weighted by atomic mass is 32.2. The van der Waals surface area contributed by atoms with Crippen molar-refractivity contribution >= 4 is 23.6 Å². The molecule has 1 aliphatic heterocycles. The highest BCUT2D eigenvalue weighted by molar-refractivity contribution is 7.97. The number of benzene rings is 1. The van der Waals surface area contributed by atoms with Gasteiger partial charge < -0.3 is 10.2 Å². The summed E-state index contributed by atoms with van der Waals surface area (Å²) in [6.07, 6.45) is 2.22. The lowest BCUT2D eigenvalue weighted by molar-refractivity contribution is -0.128. The Bertz CT molecular complexity index is 550. The number of carbonyl (C=O) groups is 2. The van der Waals surface area contributed by atoms with Gasteiger partial charge in [-0.3, -0.25) is 9.59 Å². The molecular formula is C15H19FN2O2S. The maximum atomic E-state index is 13.3. The van der Waals surface area contributed by atoms with Crippen LogP contribution in [0.15, 0.2) is 18.2 Å². The van der Waals surface area contributed by atoms with Crippen molar-refractivity contribution in [1.29, 1.82) is 0 Å². The summed E-state index contributed by atoms with van der Waals surface area (Å²) in [5.74, 6) is 0.0318. The Morgan fingerprint density at radius 3 is 2.86 bits per heavy atom. The summed E-state index contributed by atoms with van der Waals surface area (Å²) in [7, 11) is 1.70. The van der Waals surface area contributed by atoms with E-state index in [4.69, 9.17) is 0 Å². The molecular weight excluding hydrogens is 291 g/mol. The number of thioether (sulfide) groups is 1. The van der Waals surface area contributed by atoms with E-state index in [0.29, 0.717) is 18.8 Å². The SMILES string of the molecule is CSCc1cc(F)ccc1CNC(=O)[C@H]1CC(=O)N(C)C1. The molecule has 1 aliphatic rings. The topological polar surface area (TPSA) is 49.4 Å². The molecule has 2 rings (SSSR count). The molecule has 4 nitrogen and oxygen atoms in total. The van der Waals surface area contributed by atoms with Crippen LogP contribution in [0.4, 0.5) is 4.39 Å². The van der Waals surface area contributed by atoms with Gasteiger partial charge in [0.25, 0.3) is 0 Å². The summed E-state index contributed by atoms with van der Waals surface area (Å²) in [6.45, 7) is 0.829. The number of nitrogens with zero attached hydrogens (tertiary/aromatic N) is 1. The molecule has 2 amide bonds. The van der Waals surface area contributed by atoms with Crippen molar-refractivity contribution in [2.24, 2.45) is 5.92 Å². The standard InChI is InChI=1S/C15H19FN2O2S/c1-18-8-11(6-14(18)19)15(20)17-7-10-3-4-13(16)5-12(10)9-21-2/h3-5,11H,6-9H2,1-2H3,(H,17,20)/t11-/m0/s1. The minimum absolute atomic E-state index is 0.00000389. The Hall–Kier alpha value is -1.56. The monoisotopic (exact) mass is 310 g/mol. The van der Waals surface area contributed by atoms with Crippen molar-refractivity contribution in [3.63, 3.8) is 0 Å². The summed E-state index contributed by atoms with van der Waals surface area (Å²) in [4.78, 5) is 25.1. The van der Waals surface area contributed by atoms with Crippen LogP contribution in [-0.4, -0.2) is 36.6 Å².